The number of nitrogens with one attached hydrogen (secondary N) is 1. The zero-order valence-corrected chi connectivity index (χ0v) is 13.9. The highest BCUT2D eigenvalue weighted by Gasteiger charge is 2.42. The number of aryl methyl sites for hydroxylation is 1. The van der Waals surface area contributed by atoms with Crippen LogP contribution in [-0.2, 0) is 4.74 Å². The first kappa shape index (κ1) is 14.7. The average Bonchev–Trinajstić information content (AvgIpc) is 2.97. The number of thiazole rings is 1. The van der Waals surface area contributed by atoms with E-state index < -0.39 is 0 Å². The number of hydrogen-bond donors (Lipinski definition) is 2. The maximum atomic E-state index is 6.02. The Morgan fingerprint density at radius 2 is 2.29 bits per heavy atom. The van der Waals surface area contributed by atoms with Gasteiger partial charge in [0.1, 0.15) is 10.8 Å². The molecule has 3 rings (SSSR count). The van der Waals surface area contributed by atoms with Gasteiger partial charge in [-0.2, -0.15) is 4.37 Å². The maximum Gasteiger partial charge on any atom is 0.148 e. The molecule has 3 N–H and O–H groups in total. The predicted molar refractivity (Wildman–Crippen MR) is 89.0 cm³/mol. The molecule has 0 unspecified atom stereocenters. The molecule has 1 aliphatic carbocycles. The number of methoxy groups -OCH3 is 1. The van der Waals surface area contributed by atoms with E-state index in [9.17, 15) is 0 Å². The SMILES string of the molecule is COCCC1(CNc2snc(N)c2-c2csc(C)n2)CC1. The van der Waals surface area contributed by atoms with Gasteiger partial charge in [0.05, 0.1) is 16.3 Å². The molecule has 0 saturated heterocycles. The van der Waals surface area contributed by atoms with Crippen molar-refractivity contribution in [2.24, 2.45) is 5.41 Å². The Morgan fingerprint density at radius 3 is 2.90 bits per heavy atom. The van der Waals surface area contributed by atoms with Gasteiger partial charge < -0.3 is 15.8 Å². The summed E-state index contributed by atoms with van der Waals surface area (Å²) >= 11 is 3.05. The molecule has 0 bridgehead atoms. The lowest BCUT2D eigenvalue weighted by Crippen LogP contribution is -2.17. The first-order valence-electron chi connectivity index (χ1n) is 7.04. The van der Waals surface area contributed by atoms with Crippen LogP contribution in [0.4, 0.5) is 10.8 Å². The average molecular weight is 324 g/mol. The van der Waals surface area contributed by atoms with Crippen molar-refractivity contribution in [2.45, 2.75) is 26.2 Å². The summed E-state index contributed by atoms with van der Waals surface area (Å²) in [5.74, 6) is 0.564. The van der Waals surface area contributed by atoms with E-state index in [0.717, 1.165) is 40.8 Å². The van der Waals surface area contributed by atoms with Crippen molar-refractivity contribution in [2.75, 3.05) is 31.3 Å². The third kappa shape index (κ3) is 3.20. The van der Waals surface area contributed by atoms with Crippen molar-refractivity contribution in [1.29, 1.82) is 0 Å². The van der Waals surface area contributed by atoms with Crippen molar-refractivity contribution in [3.63, 3.8) is 0 Å². The number of nitrogens with zero attached hydrogens (tertiary/aromatic N) is 2. The number of nitrogens with two attached hydrogens (primary N) is 1. The number of ether oxygens (including phenoxy) is 1. The Hall–Kier alpha value is -1.18. The fourth-order valence-corrected chi connectivity index (χ4v) is 3.75. The number of aromatic nitrogens is 2. The van der Waals surface area contributed by atoms with E-state index in [2.05, 4.69) is 14.7 Å². The molecule has 0 spiro atoms. The predicted octanol–water partition coefficient (Wildman–Crippen LogP) is 3.39. The second-order valence-corrected chi connectivity index (χ2v) is 7.46. The van der Waals surface area contributed by atoms with Gasteiger partial charge in [-0.3, -0.25) is 0 Å². The Morgan fingerprint density at radius 1 is 1.48 bits per heavy atom. The molecule has 2 heterocycles. The third-order valence-corrected chi connectivity index (χ3v) is 5.60. The Balaban J connectivity index is 1.72. The van der Waals surface area contributed by atoms with Gasteiger partial charge in [0.15, 0.2) is 0 Å². The highest BCUT2D eigenvalue weighted by molar-refractivity contribution is 7.11. The van der Waals surface area contributed by atoms with E-state index in [1.165, 1.54) is 24.4 Å². The first-order chi connectivity index (χ1) is 10.1. The summed E-state index contributed by atoms with van der Waals surface area (Å²) in [6.07, 6.45) is 3.64. The molecule has 1 fully saturated rings. The number of rotatable bonds is 7. The van der Waals surface area contributed by atoms with Crippen LogP contribution in [-0.4, -0.2) is 29.6 Å². The molecule has 0 amide bonds. The van der Waals surface area contributed by atoms with Gasteiger partial charge >= 0.3 is 0 Å². The normalized spacial score (nSPS) is 16.1. The molecule has 2 aromatic rings. The van der Waals surface area contributed by atoms with Gasteiger partial charge in [-0.05, 0) is 43.1 Å². The fourth-order valence-electron chi connectivity index (χ4n) is 2.43. The summed E-state index contributed by atoms with van der Waals surface area (Å²) in [7, 11) is 1.76. The van der Waals surface area contributed by atoms with E-state index in [1.54, 1.807) is 18.4 Å². The second-order valence-electron chi connectivity index (χ2n) is 5.62. The summed E-state index contributed by atoms with van der Waals surface area (Å²) in [6.45, 7) is 3.78. The lowest BCUT2D eigenvalue weighted by Gasteiger charge is -2.15. The zero-order valence-electron chi connectivity index (χ0n) is 12.3. The van der Waals surface area contributed by atoms with Crippen LogP contribution in [0.25, 0.3) is 11.3 Å². The van der Waals surface area contributed by atoms with Gasteiger partial charge in [-0.1, -0.05) is 0 Å². The number of nitrogen functional groups attached to an aromatic ring is 1. The van der Waals surface area contributed by atoms with E-state index in [-0.39, 0.29) is 0 Å². The van der Waals surface area contributed by atoms with Gasteiger partial charge in [-0.25, -0.2) is 4.98 Å². The number of hydrogen-bond acceptors (Lipinski definition) is 7. The van der Waals surface area contributed by atoms with Crippen LogP contribution in [0.15, 0.2) is 5.38 Å². The molecule has 0 atom stereocenters. The molecule has 1 aliphatic rings. The summed E-state index contributed by atoms with van der Waals surface area (Å²) < 4.78 is 9.49. The summed E-state index contributed by atoms with van der Waals surface area (Å²) in [4.78, 5) is 4.53. The molecule has 1 saturated carbocycles. The molecule has 114 valence electrons. The lowest BCUT2D eigenvalue weighted by molar-refractivity contribution is 0.175. The summed E-state index contributed by atoms with van der Waals surface area (Å²) in [6, 6.07) is 0. The Kier molecular flexibility index (Phi) is 4.14. The van der Waals surface area contributed by atoms with E-state index in [1.807, 2.05) is 12.3 Å². The van der Waals surface area contributed by atoms with Gasteiger partial charge in [0.2, 0.25) is 0 Å². The van der Waals surface area contributed by atoms with Crippen LogP contribution < -0.4 is 11.1 Å². The molecule has 0 radical (unpaired) electrons. The first-order valence-corrected chi connectivity index (χ1v) is 8.69. The van der Waals surface area contributed by atoms with E-state index >= 15 is 0 Å². The lowest BCUT2D eigenvalue weighted by atomic mass is 10.0. The van der Waals surface area contributed by atoms with E-state index in [0.29, 0.717) is 11.2 Å². The topological polar surface area (TPSA) is 73.1 Å². The second kappa shape index (κ2) is 5.90. The monoisotopic (exact) mass is 324 g/mol. The highest BCUT2D eigenvalue weighted by Crippen LogP contribution is 2.49. The van der Waals surface area contributed by atoms with Gasteiger partial charge in [0, 0.05) is 25.6 Å². The molecule has 7 heteroatoms. The van der Waals surface area contributed by atoms with Crippen LogP contribution >= 0.6 is 22.9 Å². The van der Waals surface area contributed by atoms with Crippen molar-refractivity contribution in [3.8, 4) is 11.3 Å². The zero-order chi connectivity index (χ0) is 14.9. The standard InChI is InChI=1S/C14H20N4OS2/c1-9-17-10(7-20-9)11-12(15)18-21-13(11)16-8-14(3-4-14)5-6-19-2/h7,16H,3-6,8H2,1-2H3,(H2,15,18). The minimum Gasteiger partial charge on any atom is -0.385 e. The third-order valence-electron chi connectivity index (χ3n) is 4.01. The molecule has 2 aromatic heterocycles. The molecule has 0 aromatic carbocycles. The highest BCUT2D eigenvalue weighted by atomic mass is 32.1. The van der Waals surface area contributed by atoms with Crippen molar-refractivity contribution in [1.82, 2.24) is 9.36 Å². The van der Waals surface area contributed by atoms with Gasteiger partial charge in [0.25, 0.3) is 0 Å². The Bertz CT molecular complexity index is 618. The smallest absolute Gasteiger partial charge is 0.148 e. The van der Waals surface area contributed by atoms with Crippen LogP contribution in [0.5, 0.6) is 0 Å². The van der Waals surface area contributed by atoms with Crippen LogP contribution in [0.2, 0.25) is 0 Å². The maximum absolute atomic E-state index is 6.02. The quantitative estimate of drug-likeness (QED) is 0.817. The summed E-state index contributed by atoms with van der Waals surface area (Å²) in [5, 5.41) is 7.65. The molecular weight excluding hydrogens is 304 g/mol. The van der Waals surface area contributed by atoms with Gasteiger partial charge in [-0.15, -0.1) is 11.3 Å². The van der Waals surface area contributed by atoms with Crippen molar-refractivity contribution >= 4 is 33.7 Å². The fraction of sp³-hybridized carbons (Fsp3) is 0.571. The molecular formula is C14H20N4OS2. The van der Waals surface area contributed by atoms with Crippen molar-refractivity contribution < 1.29 is 4.74 Å². The van der Waals surface area contributed by atoms with E-state index in [4.69, 9.17) is 10.5 Å². The molecule has 0 aliphatic heterocycles. The molecule has 21 heavy (non-hydrogen) atoms. The number of anilines is 2. The van der Waals surface area contributed by atoms with Crippen LogP contribution in [0.3, 0.4) is 0 Å². The van der Waals surface area contributed by atoms with Crippen LogP contribution in [0.1, 0.15) is 24.3 Å². The van der Waals surface area contributed by atoms with Crippen molar-refractivity contribution in [3.05, 3.63) is 10.4 Å². The molecule has 5 nitrogen and oxygen atoms in total. The minimum absolute atomic E-state index is 0.393. The largest absolute Gasteiger partial charge is 0.385 e. The minimum atomic E-state index is 0.393. The summed E-state index contributed by atoms with van der Waals surface area (Å²) in [5.41, 5.74) is 8.29. The van der Waals surface area contributed by atoms with Crippen LogP contribution in [0, 0.1) is 12.3 Å². The Labute approximate surface area is 132 Å².